The van der Waals surface area contributed by atoms with Crippen LogP contribution in [0.4, 0.5) is 5.13 Å². The summed E-state index contributed by atoms with van der Waals surface area (Å²) >= 11 is 1.28. The van der Waals surface area contributed by atoms with Crippen LogP contribution in [-0.2, 0) is 0 Å². The lowest BCUT2D eigenvalue weighted by molar-refractivity contribution is 0.0770. The molecule has 1 aromatic rings. The number of aromatic nitrogens is 1. The van der Waals surface area contributed by atoms with Crippen molar-refractivity contribution in [3.05, 3.63) is 10.6 Å². The summed E-state index contributed by atoms with van der Waals surface area (Å²) in [4.78, 5) is 18.8. The number of nitrogens with one attached hydrogen (secondary N) is 1. The number of hydrogen-bond acceptors (Lipinski definition) is 5. The van der Waals surface area contributed by atoms with Crippen LogP contribution < -0.4 is 11.1 Å². The lowest BCUT2D eigenvalue weighted by Gasteiger charge is -2.19. The van der Waals surface area contributed by atoms with Crippen LogP contribution in [0.25, 0.3) is 0 Å². The van der Waals surface area contributed by atoms with Gasteiger partial charge in [0.25, 0.3) is 5.91 Å². The van der Waals surface area contributed by atoms with Gasteiger partial charge in [0, 0.05) is 19.6 Å². The molecule has 88 valence electrons. The Hall–Kier alpha value is -1.14. The highest BCUT2D eigenvalue weighted by molar-refractivity contribution is 7.17. The molecule has 1 aliphatic heterocycles. The third kappa shape index (κ3) is 2.33. The van der Waals surface area contributed by atoms with Gasteiger partial charge < -0.3 is 16.0 Å². The van der Waals surface area contributed by atoms with E-state index in [1.54, 1.807) is 0 Å². The zero-order chi connectivity index (χ0) is 11.5. The van der Waals surface area contributed by atoms with Gasteiger partial charge in [0.2, 0.25) is 0 Å². The highest BCUT2D eigenvalue weighted by Gasteiger charge is 2.21. The number of anilines is 1. The Labute approximate surface area is 98.7 Å². The number of rotatable bonds is 1. The van der Waals surface area contributed by atoms with E-state index in [2.05, 4.69) is 10.3 Å². The van der Waals surface area contributed by atoms with Gasteiger partial charge in [0.05, 0.1) is 5.69 Å². The van der Waals surface area contributed by atoms with Gasteiger partial charge in [-0.25, -0.2) is 4.98 Å². The molecular weight excluding hydrogens is 224 g/mol. The van der Waals surface area contributed by atoms with Crippen LogP contribution in [0.2, 0.25) is 0 Å². The fraction of sp³-hybridized carbons (Fsp3) is 0.600. The Balaban J connectivity index is 2.14. The Kier molecular flexibility index (Phi) is 3.40. The monoisotopic (exact) mass is 240 g/mol. The minimum Gasteiger partial charge on any atom is -0.375 e. The fourth-order valence-electron chi connectivity index (χ4n) is 1.81. The average Bonchev–Trinajstić information content (AvgIpc) is 2.49. The molecule has 1 fully saturated rings. The molecule has 1 aromatic heterocycles. The minimum absolute atomic E-state index is 0.0652. The number of carbonyl (C=O) groups excluding carboxylic acids is 1. The molecule has 2 heterocycles. The molecule has 0 spiro atoms. The zero-order valence-corrected chi connectivity index (χ0v) is 10.1. The van der Waals surface area contributed by atoms with E-state index >= 15 is 0 Å². The van der Waals surface area contributed by atoms with Gasteiger partial charge in [0.15, 0.2) is 5.13 Å². The Bertz CT molecular complexity index is 382. The number of thiazole rings is 1. The second-order valence-electron chi connectivity index (χ2n) is 3.86. The van der Waals surface area contributed by atoms with Crippen molar-refractivity contribution in [2.75, 3.05) is 31.9 Å². The van der Waals surface area contributed by atoms with Gasteiger partial charge >= 0.3 is 0 Å². The molecule has 0 atom stereocenters. The maximum atomic E-state index is 12.2. The van der Waals surface area contributed by atoms with Crippen LogP contribution in [0.15, 0.2) is 0 Å². The molecule has 5 nitrogen and oxygen atoms in total. The van der Waals surface area contributed by atoms with Gasteiger partial charge in [-0.3, -0.25) is 4.79 Å². The molecular formula is C10H16N4OS. The Morgan fingerprint density at radius 3 is 3.00 bits per heavy atom. The zero-order valence-electron chi connectivity index (χ0n) is 9.32. The highest BCUT2D eigenvalue weighted by Crippen LogP contribution is 2.21. The van der Waals surface area contributed by atoms with E-state index in [4.69, 9.17) is 5.73 Å². The van der Waals surface area contributed by atoms with E-state index in [-0.39, 0.29) is 5.91 Å². The molecule has 0 unspecified atom stereocenters. The smallest absolute Gasteiger partial charge is 0.265 e. The van der Waals surface area contributed by atoms with Gasteiger partial charge in [-0.15, -0.1) is 0 Å². The molecule has 3 N–H and O–H groups in total. The molecule has 1 aliphatic rings. The number of aryl methyl sites for hydroxylation is 1. The van der Waals surface area contributed by atoms with E-state index in [0.29, 0.717) is 10.0 Å². The summed E-state index contributed by atoms with van der Waals surface area (Å²) in [5, 5.41) is 3.74. The van der Waals surface area contributed by atoms with Crippen molar-refractivity contribution in [1.82, 2.24) is 15.2 Å². The molecule has 1 amide bonds. The first-order valence-corrected chi connectivity index (χ1v) is 6.23. The number of nitrogen functional groups attached to an aromatic ring is 1. The van der Waals surface area contributed by atoms with Crippen molar-refractivity contribution in [3.63, 3.8) is 0 Å². The van der Waals surface area contributed by atoms with E-state index in [0.717, 1.165) is 38.3 Å². The summed E-state index contributed by atoms with van der Waals surface area (Å²) in [6, 6.07) is 0. The van der Waals surface area contributed by atoms with E-state index in [1.807, 2.05) is 11.8 Å². The average molecular weight is 240 g/mol. The van der Waals surface area contributed by atoms with Crippen LogP contribution in [0.5, 0.6) is 0 Å². The summed E-state index contributed by atoms with van der Waals surface area (Å²) < 4.78 is 0. The first-order chi connectivity index (χ1) is 7.68. The molecule has 0 saturated carbocycles. The lowest BCUT2D eigenvalue weighted by Crippen LogP contribution is -2.34. The predicted octanol–water partition coefficient (Wildman–Crippen LogP) is 0.469. The molecule has 0 bridgehead atoms. The molecule has 0 radical (unpaired) electrons. The number of nitrogens with two attached hydrogens (primary N) is 1. The van der Waals surface area contributed by atoms with E-state index in [1.165, 1.54) is 11.3 Å². The predicted molar refractivity (Wildman–Crippen MR) is 64.7 cm³/mol. The topological polar surface area (TPSA) is 71.2 Å². The second kappa shape index (κ2) is 4.80. The number of nitrogens with zero attached hydrogens (tertiary/aromatic N) is 2. The quantitative estimate of drug-likeness (QED) is 0.748. The van der Waals surface area contributed by atoms with Gasteiger partial charge in [-0.05, 0) is 19.9 Å². The SMILES string of the molecule is Cc1nc(N)sc1C(=O)N1CCCNCC1. The van der Waals surface area contributed by atoms with Crippen LogP contribution >= 0.6 is 11.3 Å². The van der Waals surface area contributed by atoms with Crippen LogP contribution in [0.1, 0.15) is 21.8 Å². The number of amides is 1. The normalized spacial score (nSPS) is 17.2. The van der Waals surface area contributed by atoms with Crippen molar-refractivity contribution < 1.29 is 4.79 Å². The standard InChI is InChI=1S/C10H16N4OS/c1-7-8(16-10(11)13-7)9(15)14-5-2-3-12-4-6-14/h12H,2-6H2,1H3,(H2,11,13). The van der Waals surface area contributed by atoms with Crippen LogP contribution in [0, 0.1) is 6.92 Å². The van der Waals surface area contributed by atoms with Crippen molar-refractivity contribution >= 4 is 22.4 Å². The second-order valence-corrected chi connectivity index (χ2v) is 4.89. The summed E-state index contributed by atoms with van der Waals surface area (Å²) in [5.41, 5.74) is 6.34. The number of carbonyl (C=O) groups is 1. The number of hydrogen-bond donors (Lipinski definition) is 2. The fourth-order valence-corrected chi connectivity index (χ4v) is 2.61. The van der Waals surface area contributed by atoms with Crippen LogP contribution in [-0.4, -0.2) is 42.0 Å². The Morgan fingerprint density at radius 2 is 2.31 bits per heavy atom. The van der Waals surface area contributed by atoms with Gasteiger partial charge in [0.1, 0.15) is 4.88 Å². The maximum Gasteiger partial charge on any atom is 0.265 e. The molecule has 0 aliphatic carbocycles. The molecule has 0 aromatic carbocycles. The van der Waals surface area contributed by atoms with Crippen molar-refractivity contribution in [2.24, 2.45) is 0 Å². The molecule has 1 saturated heterocycles. The summed E-state index contributed by atoms with van der Waals surface area (Å²) in [6.45, 7) is 5.24. The largest absolute Gasteiger partial charge is 0.375 e. The van der Waals surface area contributed by atoms with E-state index < -0.39 is 0 Å². The third-order valence-electron chi connectivity index (χ3n) is 2.63. The highest BCUT2D eigenvalue weighted by atomic mass is 32.1. The first kappa shape index (κ1) is 11.3. The maximum absolute atomic E-state index is 12.2. The third-order valence-corrected chi connectivity index (χ3v) is 3.61. The minimum atomic E-state index is 0.0652. The van der Waals surface area contributed by atoms with Crippen molar-refractivity contribution in [2.45, 2.75) is 13.3 Å². The van der Waals surface area contributed by atoms with Crippen molar-refractivity contribution in [1.29, 1.82) is 0 Å². The molecule has 6 heteroatoms. The first-order valence-electron chi connectivity index (χ1n) is 5.41. The Morgan fingerprint density at radius 1 is 1.50 bits per heavy atom. The van der Waals surface area contributed by atoms with Crippen LogP contribution in [0.3, 0.4) is 0 Å². The summed E-state index contributed by atoms with van der Waals surface area (Å²) in [6.07, 6.45) is 0.999. The summed E-state index contributed by atoms with van der Waals surface area (Å²) in [5.74, 6) is 0.0652. The van der Waals surface area contributed by atoms with Gasteiger partial charge in [-0.2, -0.15) is 0 Å². The lowest BCUT2D eigenvalue weighted by atomic mass is 10.3. The van der Waals surface area contributed by atoms with Crippen molar-refractivity contribution in [3.8, 4) is 0 Å². The summed E-state index contributed by atoms with van der Waals surface area (Å²) in [7, 11) is 0. The van der Waals surface area contributed by atoms with E-state index in [9.17, 15) is 4.79 Å². The van der Waals surface area contributed by atoms with Gasteiger partial charge in [-0.1, -0.05) is 11.3 Å². The molecule has 2 rings (SSSR count). The molecule has 16 heavy (non-hydrogen) atoms.